The summed E-state index contributed by atoms with van der Waals surface area (Å²) in [6.07, 6.45) is 14.8. The van der Waals surface area contributed by atoms with Gasteiger partial charge in [-0.2, -0.15) is 0 Å². The SMILES string of the molecule is CC(C)(C)OC(=O)N(CCCCCCN)CCCCCCN(CCCCCCN(CCCCCCN)C(=O)OC(C)(C)C)C(=O)OC(C)(C)C. The summed E-state index contributed by atoms with van der Waals surface area (Å²) in [5, 5.41) is 0. The van der Waals surface area contributed by atoms with Crippen molar-refractivity contribution in [3.05, 3.63) is 0 Å². The molecule has 3 amide bonds. The number of nitrogens with zero attached hydrogens (tertiary/aromatic N) is 3. The Balaban J connectivity index is 4.85. The van der Waals surface area contributed by atoms with Crippen molar-refractivity contribution < 1.29 is 28.6 Å². The van der Waals surface area contributed by atoms with E-state index < -0.39 is 16.8 Å². The molecule has 0 aliphatic heterocycles. The quantitative estimate of drug-likeness (QED) is 0.0669. The molecule has 0 unspecified atom stereocenters. The lowest BCUT2D eigenvalue weighted by Crippen LogP contribution is -2.38. The van der Waals surface area contributed by atoms with Gasteiger partial charge in [0.25, 0.3) is 0 Å². The van der Waals surface area contributed by atoms with Crippen LogP contribution in [0.5, 0.6) is 0 Å². The zero-order chi connectivity index (χ0) is 38.1. The highest BCUT2D eigenvalue weighted by molar-refractivity contribution is 5.69. The fraction of sp³-hybridized carbons (Fsp3) is 0.923. The summed E-state index contributed by atoms with van der Waals surface area (Å²) in [7, 11) is 0. The normalized spacial score (nSPS) is 12.1. The molecule has 50 heavy (non-hydrogen) atoms. The third kappa shape index (κ3) is 28.4. The van der Waals surface area contributed by atoms with Gasteiger partial charge in [-0.25, -0.2) is 14.4 Å². The van der Waals surface area contributed by atoms with Gasteiger partial charge in [-0.05, 0) is 127 Å². The van der Waals surface area contributed by atoms with Crippen molar-refractivity contribution in [1.29, 1.82) is 0 Å². The Hall–Kier alpha value is -2.27. The molecule has 11 nitrogen and oxygen atoms in total. The lowest BCUT2D eigenvalue weighted by molar-refractivity contribution is 0.0223. The zero-order valence-corrected chi connectivity index (χ0v) is 33.9. The molecule has 0 aromatic rings. The van der Waals surface area contributed by atoms with Gasteiger partial charge in [-0.1, -0.05) is 51.4 Å². The molecule has 0 saturated carbocycles. The van der Waals surface area contributed by atoms with E-state index in [4.69, 9.17) is 25.7 Å². The van der Waals surface area contributed by atoms with Crippen molar-refractivity contribution in [3.63, 3.8) is 0 Å². The number of rotatable bonds is 26. The predicted molar refractivity (Wildman–Crippen MR) is 205 cm³/mol. The smallest absolute Gasteiger partial charge is 0.410 e. The maximum absolute atomic E-state index is 13.1. The first-order valence-electron chi connectivity index (χ1n) is 19.7. The highest BCUT2D eigenvalue weighted by atomic mass is 16.6. The van der Waals surface area contributed by atoms with E-state index >= 15 is 0 Å². The molecule has 0 heterocycles. The van der Waals surface area contributed by atoms with Crippen molar-refractivity contribution in [2.24, 2.45) is 11.5 Å². The monoisotopic (exact) mass is 714 g/mol. The van der Waals surface area contributed by atoms with Gasteiger partial charge < -0.3 is 40.4 Å². The van der Waals surface area contributed by atoms with Gasteiger partial charge in [-0.3, -0.25) is 0 Å². The van der Waals surface area contributed by atoms with Crippen LogP contribution in [-0.2, 0) is 14.2 Å². The Labute approximate surface area is 306 Å². The number of amides is 3. The molecule has 0 aliphatic rings. The summed E-state index contributed by atoms with van der Waals surface area (Å²) in [6, 6.07) is 0. The van der Waals surface area contributed by atoms with Crippen LogP contribution in [0.2, 0.25) is 0 Å². The molecule has 296 valence electrons. The standard InChI is InChI=1S/C39H79N5O6/c1-37(2,3)48-34(45)42(28-20-12-10-18-26-40)30-22-14-16-24-32-44(36(47)50-39(7,8)9)33-25-17-15-23-31-43(29-21-13-11-19-27-41)35(46)49-38(4,5)6/h10-33,40-41H2,1-9H3. The summed E-state index contributed by atoms with van der Waals surface area (Å²) in [4.78, 5) is 44.2. The summed E-state index contributed by atoms with van der Waals surface area (Å²) in [5.74, 6) is 0. The number of carbonyl (C=O) groups is 3. The van der Waals surface area contributed by atoms with E-state index in [1.165, 1.54) is 0 Å². The highest BCUT2D eigenvalue weighted by Gasteiger charge is 2.24. The predicted octanol–water partition coefficient (Wildman–Crippen LogP) is 8.86. The highest BCUT2D eigenvalue weighted by Crippen LogP contribution is 2.16. The number of nitrogens with two attached hydrogens (primary N) is 2. The summed E-state index contributed by atoms with van der Waals surface area (Å²) < 4.78 is 17.1. The fourth-order valence-corrected chi connectivity index (χ4v) is 5.38. The first-order valence-corrected chi connectivity index (χ1v) is 19.7. The molecule has 0 rings (SSSR count). The van der Waals surface area contributed by atoms with E-state index in [2.05, 4.69) is 0 Å². The minimum Gasteiger partial charge on any atom is -0.444 e. The number of carbonyl (C=O) groups excluding carboxylic acids is 3. The average Bonchev–Trinajstić information content (AvgIpc) is 2.98. The number of ether oxygens (including phenoxy) is 3. The second kappa shape index (κ2) is 26.5. The van der Waals surface area contributed by atoms with Crippen molar-refractivity contribution in [3.8, 4) is 0 Å². The molecular formula is C39H79N5O6. The second-order valence-electron chi connectivity index (χ2n) is 16.6. The molecule has 11 heteroatoms. The van der Waals surface area contributed by atoms with Gasteiger partial charge in [0.15, 0.2) is 0 Å². The van der Waals surface area contributed by atoms with Crippen LogP contribution in [0.1, 0.15) is 165 Å². The minimum absolute atomic E-state index is 0.247. The summed E-state index contributed by atoms with van der Waals surface area (Å²) in [6.45, 7) is 22.5. The third-order valence-corrected chi connectivity index (χ3v) is 7.93. The van der Waals surface area contributed by atoms with Gasteiger partial charge in [0.05, 0.1) is 0 Å². The Morgan fingerprint density at radius 1 is 0.360 bits per heavy atom. The summed E-state index contributed by atoms with van der Waals surface area (Å²) >= 11 is 0. The Kier molecular flexibility index (Phi) is 25.3. The van der Waals surface area contributed by atoms with Gasteiger partial charge in [-0.15, -0.1) is 0 Å². The lowest BCUT2D eigenvalue weighted by Gasteiger charge is -2.28. The molecule has 0 spiro atoms. The van der Waals surface area contributed by atoms with Crippen molar-refractivity contribution in [1.82, 2.24) is 14.7 Å². The fourth-order valence-electron chi connectivity index (χ4n) is 5.38. The summed E-state index contributed by atoms with van der Waals surface area (Å²) in [5.41, 5.74) is 9.64. The van der Waals surface area contributed by atoms with E-state index in [1.807, 2.05) is 77.0 Å². The minimum atomic E-state index is -0.555. The first-order chi connectivity index (χ1) is 23.4. The topological polar surface area (TPSA) is 141 Å². The molecule has 0 radical (unpaired) electrons. The van der Waals surface area contributed by atoms with E-state index in [0.29, 0.717) is 52.4 Å². The van der Waals surface area contributed by atoms with Gasteiger partial charge >= 0.3 is 18.3 Å². The van der Waals surface area contributed by atoms with E-state index in [1.54, 1.807) is 0 Å². The number of hydrogen-bond acceptors (Lipinski definition) is 8. The van der Waals surface area contributed by atoms with Crippen molar-refractivity contribution >= 4 is 18.3 Å². The van der Waals surface area contributed by atoms with Crippen LogP contribution in [0.15, 0.2) is 0 Å². The van der Waals surface area contributed by atoms with E-state index in [-0.39, 0.29) is 18.3 Å². The lowest BCUT2D eigenvalue weighted by atomic mass is 10.1. The van der Waals surface area contributed by atoms with Crippen LogP contribution in [-0.4, -0.2) is 102 Å². The van der Waals surface area contributed by atoms with Crippen molar-refractivity contribution in [2.75, 3.05) is 52.4 Å². The number of unbranched alkanes of at least 4 members (excludes halogenated alkanes) is 12. The second-order valence-corrected chi connectivity index (χ2v) is 16.6. The van der Waals surface area contributed by atoms with Crippen LogP contribution >= 0.6 is 0 Å². The molecule has 4 N–H and O–H groups in total. The first kappa shape index (κ1) is 47.7. The number of hydrogen-bond donors (Lipinski definition) is 2. The van der Waals surface area contributed by atoms with Crippen LogP contribution in [0, 0.1) is 0 Å². The average molecular weight is 714 g/mol. The van der Waals surface area contributed by atoms with E-state index in [0.717, 1.165) is 103 Å². The van der Waals surface area contributed by atoms with Crippen LogP contribution in [0.3, 0.4) is 0 Å². The molecule has 0 saturated heterocycles. The van der Waals surface area contributed by atoms with Gasteiger partial charge in [0.2, 0.25) is 0 Å². The molecule has 0 fully saturated rings. The maximum Gasteiger partial charge on any atom is 0.410 e. The van der Waals surface area contributed by atoms with Crippen LogP contribution in [0.25, 0.3) is 0 Å². The maximum atomic E-state index is 13.1. The Bertz CT molecular complexity index is 839. The third-order valence-electron chi connectivity index (χ3n) is 7.93. The molecule has 0 atom stereocenters. The van der Waals surface area contributed by atoms with Crippen LogP contribution < -0.4 is 11.5 Å². The largest absolute Gasteiger partial charge is 0.444 e. The zero-order valence-electron chi connectivity index (χ0n) is 33.9. The molecule has 0 aromatic carbocycles. The van der Waals surface area contributed by atoms with Crippen molar-refractivity contribution in [2.45, 2.75) is 182 Å². The molecular weight excluding hydrogens is 634 g/mol. The van der Waals surface area contributed by atoms with E-state index in [9.17, 15) is 14.4 Å². The molecule has 0 aliphatic carbocycles. The Morgan fingerprint density at radius 3 is 0.700 bits per heavy atom. The molecule has 0 aromatic heterocycles. The Morgan fingerprint density at radius 2 is 0.540 bits per heavy atom. The van der Waals surface area contributed by atoms with Gasteiger partial charge in [0.1, 0.15) is 16.8 Å². The van der Waals surface area contributed by atoms with Gasteiger partial charge in [0, 0.05) is 39.3 Å². The van der Waals surface area contributed by atoms with Crippen LogP contribution in [0.4, 0.5) is 14.4 Å². The molecule has 0 bridgehead atoms.